The van der Waals surface area contributed by atoms with Crippen molar-refractivity contribution in [3.05, 3.63) is 82.0 Å². The van der Waals surface area contributed by atoms with Gasteiger partial charge >= 0.3 is 18.1 Å². The SMILES string of the molecule is [2H]C([2H])([2H])NC(=O)c1cc(Oc2ccc(NC(=O)Nc3ccc(Cl)c(C(F)(F)F)c3)c(F)c2)cc[n+]1[O-]. The third-order valence-electron chi connectivity index (χ3n) is 4.19. The molecule has 0 atom stereocenters. The molecule has 0 fully saturated rings. The summed E-state index contributed by atoms with van der Waals surface area (Å²) in [6, 6.07) is 6.87. The highest BCUT2D eigenvalue weighted by Crippen LogP contribution is 2.36. The molecule has 3 aromatic rings. The van der Waals surface area contributed by atoms with Crippen LogP contribution in [0.25, 0.3) is 0 Å². The first kappa shape index (κ1) is 20.5. The number of pyridine rings is 1. The number of nitrogens with one attached hydrogen (secondary N) is 3. The molecule has 0 aliphatic carbocycles. The molecule has 3 amide bonds. The molecule has 0 unspecified atom stereocenters. The van der Waals surface area contributed by atoms with Crippen LogP contribution in [0.5, 0.6) is 11.5 Å². The Morgan fingerprint density at radius 1 is 1.09 bits per heavy atom. The van der Waals surface area contributed by atoms with Gasteiger partial charge in [0.05, 0.1) is 22.3 Å². The molecule has 3 rings (SSSR count). The Bertz CT molecular complexity index is 1360. The van der Waals surface area contributed by atoms with Crippen molar-refractivity contribution >= 4 is 34.9 Å². The molecule has 1 heterocycles. The maximum Gasteiger partial charge on any atom is 0.417 e. The number of amides is 3. The normalized spacial score (nSPS) is 12.7. The van der Waals surface area contributed by atoms with Gasteiger partial charge in [-0.2, -0.15) is 17.9 Å². The molecule has 3 N–H and O–H groups in total. The zero-order chi connectivity index (χ0) is 27.5. The molecule has 0 aliphatic heterocycles. The average molecular weight is 502 g/mol. The van der Waals surface area contributed by atoms with Crippen LogP contribution in [-0.4, -0.2) is 18.9 Å². The summed E-state index contributed by atoms with van der Waals surface area (Å²) in [6.07, 6.45) is -3.87. The van der Waals surface area contributed by atoms with Gasteiger partial charge in [0.25, 0.3) is 5.69 Å². The highest BCUT2D eigenvalue weighted by Gasteiger charge is 2.33. The minimum Gasteiger partial charge on any atom is -0.618 e. The lowest BCUT2D eigenvalue weighted by molar-refractivity contribution is -0.607. The summed E-state index contributed by atoms with van der Waals surface area (Å²) >= 11 is 5.53. The zero-order valence-corrected chi connectivity index (χ0v) is 17.4. The molecule has 34 heavy (non-hydrogen) atoms. The highest BCUT2D eigenvalue weighted by molar-refractivity contribution is 6.31. The molecule has 0 aliphatic rings. The first-order chi connectivity index (χ1) is 17.1. The molecule has 1 aromatic heterocycles. The van der Waals surface area contributed by atoms with Crippen LogP contribution in [0, 0.1) is 11.0 Å². The number of hydrogen-bond donors (Lipinski definition) is 3. The molecule has 178 valence electrons. The molecule has 13 heteroatoms. The van der Waals surface area contributed by atoms with Gasteiger partial charge in [-0.1, -0.05) is 11.6 Å². The van der Waals surface area contributed by atoms with Crippen molar-refractivity contribution in [2.45, 2.75) is 6.18 Å². The number of alkyl halides is 3. The number of rotatable bonds is 5. The lowest BCUT2D eigenvalue weighted by atomic mass is 10.2. The van der Waals surface area contributed by atoms with E-state index in [1.165, 1.54) is 6.07 Å². The van der Waals surface area contributed by atoms with Crippen molar-refractivity contribution in [1.82, 2.24) is 5.32 Å². The van der Waals surface area contributed by atoms with Crippen LogP contribution < -0.4 is 25.4 Å². The van der Waals surface area contributed by atoms with E-state index in [0.29, 0.717) is 6.07 Å². The van der Waals surface area contributed by atoms with Crippen molar-refractivity contribution < 1.29 is 40.7 Å². The number of ether oxygens (including phenoxy) is 1. The molecule has 0 spiro atoms. The monoisotopic (exact) mass is 501 g/mol. The van der Waals surface area contributed by atoms with Crippen LogP contribution in [0.4, 0.5) is 33.7 Å². The summed E-state index contributed by atoms with van der Waals surface area (Å²) < 4.78 is 80.1. The number of halogens is 5. The van der Waals surface area contributed by atoms with E-state index in [2.05, 4.69) is 10.6 Å². The molecule has 0 saturated heterocycles. The van der Waals surface area contributed by atoms with Crippen LogP contribution in [-0.2, 0) is 6.18 Å². The van der Waals surface area contributed by atoms with Crippen LogP contribution in [0.1, 0.15) is 20.2 Å². The summed E-state index contributed by atoms with van der Waals surface area (Å²) in [7, 11) is 0. The van der Waals surface area contributed by atoms with Gasteiger partial charge < -0.3 is 25.9 Å². The van der Waals surface area contributed by atoms with Crippen LogP contribution >= 0.6 is 11.6 Å². The largest absolute Gasteiger partial charge is 0.618 e. The van der Waals surface area contributed by atoms with Gasteiger partial charge in [0.15, 0.2) is 6.20 Å². The van der Waals surface area contributed by atoms with E-state index in [1.54, 1.807) is 5.32 Å². The van der Waals surface area contributed by atoms with E-state index >= 15 is 0 Å². The predicted octanol–water partition coefficient (Wildman–Crippen LogP) is 4.93. The maximum absolute atomic E-state index is 14.5. The molecule has 0 radical (unpaired) electrons. The molecule has 2 aromatic carbocycles. The Kier molecular flexibility index (Phi) is 5.94. The van der Waals surface area contributed by atoms with Gasteiger partial charge in [0.1, 0.15) is 17.3 Å². The van der Waals surface area contributed by atoms with E-state index in [0.717, 1.165) is 42.6 Å². The van der Waals surface area contributed by atoms with Crippen molar-refractivity contribution in [2.75, 3.05) is 17.6 Å². The number of anilines is 2. The van der Waals surface area contributed by atoms with Gasteiger partial charge in [0, 0.05) is 28.9 Å². The second-order valence-electron chi connectivity index (χ2n) is 6.54. The molecular formula is C21H15ClF4N4O4. The quantitative estimate of drug-likeness (QED) is 0.262. The van der Waals surface area contributed by atoms with Crippen molar-refractivity contribution in [1.29, 1.82) is 0 Å². The number of urea groups is 1. The van der Waals surface area contributed by atoms with Crippen molar-refractivity contribution in [2.24, 2.45) is 0 Å². The van der Waals surface area contributed by atoms with Gasteiger partial charge in [-0.25, -0.2) is 9.18 Å². The van der Waals surface area contributed by atoms with E-state index in [9.17, 15) is 32.4 Å². The Hall–Kier alpha value is -4.06. The fourth-order valence-corrected chi connectivity index (χ4v) is 2.89. The van der Waals surface area contributed by atoms with Gasteiger partial charge in [-0.3, -0.25) is 4.79 Å². The van der Waals surface area contributed by atoms with E-state index in [4.69, 9.17) is 20.5 Å². The fourth-order valence-electron chi connectivity index (χ4n) is 2.66. The fraction of sp³-hybridized carbons (Fsp3) is 0.0952. The van der Waals surface area contributed by atoms with Gasteiger partial charge in [-0.05, 0) is 30.3 Å². The van der Waals surface area contributed by atoms with Crippen LogP contribution in [0.2, 0.25) is 5.02 Å². The number of benzene rings is 2. The van der Waals surface area contributed by atoms with Crippen LogP contribution in [0.3, 0.4) is 0 Å². The summed E-state index contributed by atoms with van der Waals surface area (Å²) in [5.41, 5.74) is -2.35. The maximum atomic E-state index is 14.5. The smallest absolute Gasteiger partial charge is 0.417 e. The third-order valence-corrected chi connectivity index (χ3v) is 4.52. The average Bonchev–Trinajstić information content (AvgIpc) is 2.76. The van der Waals surface area contributed by atoms with E-state index in [-0.39, 0.29) is 27.6 Å². The first-order valence-corrected chi connectivity index (χ1v) is 9.48. The topological polar surface area (TPSA) is 106 Å². The minimum atomic E-state index is -4.75. The Balaban J connectivity index is 1.70. The van der Waals surface area contributed by atoms with Gasteiger partial charge in [0.2, 0.25) is 0 Å². The molecule has 0 saturated carbocycles. The standard InChI is InChI=1S/C21H15ClF4N4O4/c1-27-19(31)18-10-13(6-7-30(18)33)34-12-3-5-17(16(23)9-12)29-20(32)28-11-2-4-15(22)14(8-11)21(24,25)26/h2-10H,1H3,(H,27,31)(H2,28,29,32)/i1D3. The number of carbonyl (C=O) groups is 2. The Morgan fingerprint density at radius 2 is 1.82 bits per heavy atom. The third kappa shape index (κ3) is 5.84. The zero-order valence-electron chi connectivity index (χ0n) is 19.7. The number of hydrogen-bond acceptors (Lipinski definition) is 4. The summed E-state index contributed by atoms with van der Waals surface area (Å²) in [5, 5.41) is 17.2. The first-order valence-electron chi connectivity index (χ1n) is 10.6. The van der Waals surface area contributed by atoms with Crippen molar-refractivity contribution in [3.63, 3.8) is 0 Å². The lowest BCUT2D eigenvalue weighted by Crippen LogP contribution is -2.37. The molecular weight excluding hydrogens is 484 g/mol. The van der Waals surface area contributed by atoms with Gasteiger partial charge in [-0.15, -0.1) is 0 Å². The number of nitrogens with zero attached hydrogens (tertiary/aromatic N) is 1. The summed E-state index contributed by atoms with van der Waals surface area (Å²) in [5.74, 6) is -2.42. The second-order valence-corrected chi connectivity index (χ2v) is 6.95. The van der Waals surface area contributed by atoms with E-state index in [1.807, 2.05) is 0 Å². The second kappa shape index (κ2) is 9.83. The number of carbonyl (C=O) groups excluding carboxylic acids is 2. The summed E-state index contributed by atoms with van der Waals surface area (Å²) in [4.78, 5) is 24.1. The molecule has 8 nitrogen and oxygen atoms in total. The number of aromatic nitrogens is 1. The highest BCUT2D eigenvalue weighted by atomic mass is 35.5. The van der Waals surface area contributed by atoms with E-state index < -0.39 is 47.2 Å². The Labute approximate surface area is 198 Å². The summed E-state index contributed by atoms with van der Waals surface area (Å²) in [6.45, 7) is -2.84. The minimum absolute atomic E-state index is 0.108. The lowest BCUT2D eigenvalue weighted by Gasteiger charge is -2.13. The predicted molar refractivity (Wildman–Crippen MR) is 114 cm³/mol. The van der Waals surface area contributed by atoms with Crippen molar-refractivity contribution in [3.8, 4) is 11.5 Å². The molecule has 0 bridgehead atoms. The van der Waals surface area contributed by atoms with Crippen LogP contribution in [0.15, 0.2) is 54.7 Å². The Morgan fingerprint density at radius 3 is 2.50 bits per heavy atom.